The number of anilines is 1. The third-order valence-electron chi connectivity index (χ3n) is 1.82. The molecule has 2 amide bonds. The van der Waals surface area contributed by atoms with Gasteiger partial charge in [0.2, 0.25) is 0 Å². The van der Waals surface area contributed by atoms with E-state index in [1.807, 2.05) is 0 Å². The molecule has 0 saturated heterocycles. The van der Waals surface area contributed by atoms with Crippen LogP contribution in [-0.4, -0.2) is 21.0 Å². The largest absolute Gasteiger partial charge is 0.351 e. The maximum Gasteiger partial charge on any atom is 0.316 e. The Balaban J connectivity index is 2.21. The lowest BCUT2D eigenvalue weighted by Gasteiger charge is -2.03. The van der Waals surface area contributed by atoms with E-state index in [4.69, 9.17) is 5.73 Å². The molecule has 6 nitrogen and oxygen atoms in total. The van der Waals surface area contributed by atoms with Crippen molar-refractivity contribution in [1.82, 2.24) is 15.0 Å². The fraction of sp³-hybridized carbons (Fsp3) is 0. The number of rotatable bonds is 2. The van der Waals surface area contributed by atoms with Gasteiger partial charge >= 0.3 is 6.03 Å². The van der Waals surface area contributed by atoms with Crippen molar-refractivity contribution >= 4 is 11.7 Å². The first-order valence-corrected chi connectivity index (χ1v) is 4.29. The minimum atomic E-state index is -0.580. The summed E-state index contributed by atoms with van der Waals surface area (Å²) in [7, 11) is 0. The maximum atomic E-state index is 10.6. The smallest absolute Gasteiger partial charge is 0.316 e. The SMILES string of the molecule is NC(=O)Nc1ccc(-n2ccnn2)cc1. The van der Waals surface area contributed by atoms with Gasteiger partial charge in [-0.3, -0.25) is 0 Å². The predicted octanol–water partition coefficient (Wildman–Crippen LogP) is 0.758. The second-order valence-corrected chi connectivity index (χ2v) is 2.88. The number of nitrogens with one attached hydrogen (secondary N) is 1. The van der Waals surface area contributed by atoms with Gasteiger partial charge in [0, 0.05) is 5.69 Å². The summed E-state index contributed by atoms with van der Waals surface area (Å²) in [4.78, 5) is 10.6. The molecule has 0 bridgehead atoms. The summed E-state index contributed by atoms with van der Waals surface area (Å²) < 4.78 is 1.62. The Labute approximate surface area is 85.7 Å². The first-order chi connectivity index (χ1) is 7.25. The Bertz CT molecular complexity index is 448. The molecule has 2 rings (SSSR count). The fourth-order valence-corrected chi connectivity index (χ4v) is 1.19. The van der Waals surface area contributed by atoms with Gasteiger partial charge in [-0.2, -0.15) is 0 Å². The van der Waals surface area contributed by atoms with E-state index in [1.165, 1.54) is 0 Å². The second-order valence-electron chi connectivity index (χ2n) is 2.88. The number of benzene rings is 1. The predicted molar refractivity (Wildman–Crippen MR) is 54.6 cm³/mol. The van der Waals surface area contributed by atoms with Crippen LogP contribution in [0.3, 0.4) is 0 Å². The number of nitrogens with zero attached hydrogens (tertiary/aromatic N) is 3. The van der Waals surface area contributed by atoms with Gasteiger partial charge in [-0.05, 0) is 24.3 Å². The third kappa shape index (κ3) is 2.11. The number of primary amides is 1. The van der Waals surface area contributed by atoms with Crippen LogP contribution in [-0.2, 0) is 0 Å². The molecule has 0 aliphatic rings. The number of nitrogens with two attached hydrogens (primary N) is 1. The van der Waals surface area contributed by atoms with Gasteiger partial charge in [-0.25, -0.2) is 9.48 Å². The number of hydrogen-bond acceptors (Lipinski definition) is 3. The van der Waals surface area contributed by atoms with Crippen LogP contribution < -0.4 is 11.1 Å². The van der Waals surface area contributed by atoms with E-state index < -0.39 is 6.03 Å². The zero-order valence-corrected chi connectivity index (χ0v) is 7.79. The van der Waals surface area contributed by atoms with Crippen molar-refractivity contribution in [3.8, 4) is 5.69 Å². The number of urea groups is 1. The minimum Gasteiger partial charge on any atom is -0.351 e. The quantitative estimate of drug-likeness (QED) is 0.755. The van der Waals surface area contributed by atoms with Gasteiger partial charge in [0.1, 0.15) is 0 Å². The molecule has 0 saturated carbocycles. The Hall–Kier alpha value is -2.37. The van der Waals surface area contributed by atoms with Gasteiger partial charge in [0.15, 0.2) is 0 Å². The van der Waals surface area contributed by atoms with Crippen LogP contribution in [0.5, 0.6) is 0 Å². The molecular weight excluding hydrogens is 194 g/mol. The van der Waals surface area contributed by atoms with Gasteiger partial charge in [0.25, 0.3) is 0 Å². The molecule has 1 aromatic heterocycles. The van der Waals surface area contributed by atoms with Crippen molar-refractivity contribution < 1.29 is 4.79 Å². The number of aromatic nitrogens is 3. The zero-order valence-electron chi connectivity index (χ0n) is 7.79. The van der Waals surface area contributed by atoms with Crippen molar-refractivity contribution in [1.29, 1.82) is 0 Å². The van der Waals surface area contributed by atoms with Crippen LogP contribution in [0.1, 0.15) is 0 Å². The van der Waals surface area contributed by atoms with E-state index in [-0.39, 0.29) is 0 Å². The lowest BCUT2D eigenvalue weighted by Crippen LogP contribution is -2.19. The summed E-state index contributed by atoms with van der Waals surface area (Å²) >= 11 is 0. The molecule has 1 aromatic carbocycles. The molecule has 3 N–H and O–H groups in total. The van der Waals surface area contributed by atoms with Crippen molar-refractivity contribution in [2.24, 2.45) is 5.73 Å². The van der Waals surface area contributed by atoms with Gasteiger partial charge in [-0.15, -0.1) is 5.10 Å². The molecule has 1 heterocycles. The molecule has 0 radical (unpaired) electrons. The molecule has 0 atom stereocenters. The van der Waals surface area contributed by atoms with E-state index in [0.29, 0.717) is 5.69 Å². The Morgan fingerprint density at radius 2 is 2.07 bits per heavy atom. The van der Waals surface area contributed by atoms with Crippen molar-refractivity contribution in [3.63, 3.8) is 0 Å². The van der Waals surface area contributed by atoms with E-state index >= 15 is 0 Å². The topological polar surface area (TPSA) is 85.8 Å². The number of carbonyl (C=O) groups is 1. The van der Waals surface area contributed by atoms with E-state index in [0.717, 1.165) is 5.69 Å². The summed E-state index contributed by atoms with van der Waals surface area (Å²) in [5.41, 5.74) is 6.49. The summed E-state index contributed by atoms with van der Waals surface area (Å²) in [6, 6.07) is 6.51. The minimum absolute atomic E-state index is 0.580. The molecule has 0 unspecified atom stereocenters. The third-order valence-corrected chi connectivity index (χ3v) is 1.82. The van der Waals surface area contributed by atoms with Crippen LogP contribution >= 0.6 is 0 Å². The lowest BCUT2D eigenvalue weighted by atomic mass is 10.3. The molecule has 0 aliphatic carbocycles. The number of carbonyl (C=O) groups excluding carboxylic acids is 1. The molecule has 76 valence electrons. The Kier molecular flexibility index (Phi) is 2.32. The van der Waals surface area contributed by atoms with Crippen molar-refractivity contribution in [2.75, 3.05) is 5.32 Å². The zero-order chi connectivity index (χ0) is 10.7. The van der Waals surface area contributed by atoms with E-state index in [1.54, 1.807) is 41.3 Å². The molecule has 0 fully saturated rings. The first kappa shape index (κ1) is 9.20. The van der Waals surface area contributed by atoms with Gasteiger partial charge in [-0.1, -0.05) is 5.21 Å². The molecule has 0 spiro atoms. The van der Waals surface area contributed by atoms with Crippen LogP contribution in [0.15, 0.2) is 36.7 Å². The summed E-state index contributed by atoms with van der Waals surface area (Å²) in [6.45, 7) is 0. The van der Waals surface area contributed by atoms with Crippen LogP contribution in [0.2, 0.25) is 0 Å². The van der Waals surface area contributed by atoms with E-state index in [9.17, 15) is 4.79 Å². The number of hydrogen-bond donors (Lipinski definition) is 2. The van der Waals surface area contributed by atoms with Crippen LogP contribution in [0.4, 0.5) is 10.5 Å². The summed E-state index contributed by atoms with van der Waals surface area (Å²) in [5.74, 6) is 0. The Morgan fingerprint density at radius 3 is 2.60 bits per heavy atom. The maximum absolute atomic E-state index is 10.6. The average molecular weight is 203 g/mol. The molecule has 15 heavy (non-hydrogen) atoms. The molecule has 6 heteroatoms. The number of amides is 2. The first-order valence-electron chi connectivity index (χ1n) is 4.29. The Morgan fingerprint density at radius 1 is 1.33 bits per heavy atom. The molecule has 2 aromatic rings. The summed E-state index contributed by atoms with van der Waals surface area (Å²) in [6.07, 6.45) is 3.33. The standard InChI is InChI=1S/C9H9N5O/c10-9(15)12-7-1-3-8(4-2-7)14-6-5-11-13-14/h1-6H,(H3,10,12,15). The monoisotopic (exact) mass is 203 g/mol. The summed E-state index contributed by atoms with van der Waals surface area (Å²) in [5, 5.41) is 10.00. The lowest BCUT2D eigenvalue weighted by molar-refractivity contribution is 0.259. The second kappa shape index (κ2) is 3.79. The van der Waals surface area contributed by atoms with Crippen molar-refractivity contribution in [2.45, 2.75) is 0 Å². The van der Waals surface area contributed by atoms with Crippen LogP contribution in [0.25, 0.3) is 5.69 Å². The highest BCUT2D eigenvalue weighted by molar-refractivity contribution is 5.87. The molecular formula is C9H9N5O. The normalized spacial score (nSPS) is 9.87. The van der Waals surface area contributed by atoms with Crippen molar-refractivity contribution in [3.05, 3.63) is 36.7 Å². The van der Waals surface area contributed by atoms with Crippen LogP contribution in [0, 0.1) is 0 Å². The highest BCUT2D eigenvalue weighted by Gasteiger charge is 1.98. The highest BCUT2D eigenvalue weighted by Crippen LogP contribution is 2.11. The van der Waals surface area contributed by atoms with Gasteiger partial charge in [0.05, 0.1) is 18.1 Å². The fourth-order valence-electron chi connectivity index (χ4n) is 1.19. The highest BCUT2D eigenvalue weighted by atomic mass is 16.2. The van der Waals surface area contributed by atoms with Gasteiger partial charge < -0.3 is 11.1 Å². The molecule has 0 aliphatic heterocycles. The average Bonchev–Trinajstić information content (AvgIpc) is 2.71. The van der Waals surface area contributed by atoms with E-state index in [2.05, 4.69) is 15.6 Å².